The fourth-order valence-corrected chi connectivity index (χ4v) is 0.705. The van der Waals surface area contributed by atoms with E-state index in [1.54, 1.807) is 6.92 Å². The predicted octanol–water partition coefficient (Wildman–Crippen LogP) is -0.232. The number of halogens is 1. The lowest BCUT2D eigenvalue weighted by Crippen LogP contribution is -2.32. The second kappa shape index (κ2) is 8.42. The molecule has 0 aliphatic rings. The summed E-state index contributed by atoms with van der Waals surface area (Å²) in [6.45, 7) is 2.70. The summed E-state index contributed by atoms with van der Waals surface area (Å²) in [5.41, 5.74) is 10.7. The Bertz CT molecular complexity index is 122. The van der Waals surface area contributed by atoms with E-state index in [1.807, 2.05) is 0 Å². The van der Waals surface area contributed by atoms with Crippen LogP contribution in [0.4, 0.5) is 4.70 Å². The van der Waals surface area contributed by atoms with Crippen molar-refractivity contribution in [1.82, 2.24) is 0 Å². The van der Waals surface area contributed by atoms with Gasteiger partial charge in [-0.2, -0.15) is 0 Å². The molecule has 0 aliphatic heterocycles. The molecular formula is C7H17FN2O2. The molecule has 0 spiro atoms. The van der Waals surface area contributed by atoms with Crippen molar-refractivity contribution in [3.63, 3.8) is 0 Å². The van der Waals surface area contributed by atoms with E-state index < -0.39 is 6.04 Å². The lowest BCUT2D eigenvalue weighted by atomic mass is 10.2. The van der Waals surface area contributed by atoms with Crippen LogP contribution in [0.25, 0.3) is 0 Å². The average molecular weight is 180 g/mol. The monoisotopic (exact) mass is 180 g/mol. The van der Waals surface area contributed by atoms with E-state index in [0.29, 0.717) is 19.6 Å². The zero-order chi connectivity index (χ0) is 8.69. The number of nitrogens with two attached hydrogens (primary N) is 2. The van der Waals surface area contributed by atoms with E-state index in [2.05, 4.69) is 0 Å². The minimum atomic E-state index is -0.501. The summed E-state index contributed by atoms with van der Waals surface area (Å²) in [6, 6.07) is -0.501. The molecule has 4 nitrogen and oxygen atoms in total. The standard InChI is InChI=1S/C7H16N2O2.FH/c1-2-11-7(10)6(9)4-3-5-8;/h6H,2-5,8-9H2,1H3;1H. The molecule has 12 heavy (non-hydrogen) atoms. The van der Waals surface area contributed by atoms with Crippen molar-refractivity contribution in [2.75, 3.05) is 13.2 Å². The van der Waals surface area contributed by atoms with E-state index >= 15 is 0 Å². The molecule has 0 amide bonds. The maximum absolute atomic E-state index is 10.9. The van der Waals surface area contributed by atoms with Crippen LogP contribution in [0.3, 0.4) is 0 Å². The van der Waals surface area contributed by atoms with Gasteiger partial charge in [0.25, 0.3) is 0 Å². The SMILES string of the molecule is CCOC(=O)C(N)CCCN.F. The maximum Gasteiger partial charge on any atom is 0.322 e. The third-order valence-electron chi connectivity index (χ3n) is 1.31. The minimum absolute atomic E-state index is 0. The van der Waals surface area contributed by atoms with Crippen molar-refractivity contribution in [2.24, 2.45) is 11.5 Å². The molecule has 0 heterocycles. The van der Waals surface area contributed by atoms with Crippen molar-refractivity contribution in [2.45, 2.75) is 25.8 Å². The fraction of sp³-hybridized carbons (Fsp3) is 0.857. The summed E-state index contributed by atoms with van der Waals surface area (Å²) in [6.07, 6.45) is 1.37. The first kappa shape index (κ1) is 13.9. The number of hydrogen-bond donors (Lipinski definition) is 2. The lowest BCUT2D eigenvalue weighted by molar-refractivity contribution is -0.144. The van der Waals surface area contributed by atoms with Gasteiger partial charge in [0, 0.05) is 0 Å². The highest BCUT2D eigenvalue weighted by Crippen LogP contribution is 1.95. The Morgan fingerprint density at radius 1 is 1.58 bits per heavy atom. The number of carbonyl (C=O) groups excluding carboxylic acids is 1. The van der Waals surface area contributed by atoms with Crippen LogP contribution in [0.1, 0.15) is 19.8 Å². The summed E-state index contributed by atoms with van der Waals surface area (Å²) >= 11 is 0. The third kappa shape index (κ3) is 6.06. The Balaban J connectivity index is 0. The summed E-state index contributed by atoms with van der Waals surface area (Å²) in [4.78, 5) is 10.9. The van der Waals surface area contributed by atoms with Crippen LogP contribution in [0.15, 0.2) is 0 Å². The van der Waals surface area contributed by atoms with Crippen LogP contribution >= 0.6 is 0 Å². The second-order valence-corrected chi connectivity index (χ2v) is 2.29. The maximum atomic E-state index is 10.9. The van der Waals surface area contributed by atoms with Crippen molar-refractivity contribution in [3.05, 3.63) is 0 Å². The Hall–Kier alpha value is -0.680. The van der Waals surface area contributed by atoms with Gasteiger partial charge >= 0.3 is 5.97 Å². The Morgan fingerprint density at radius 2 is 2.17 bits per heavy atom. The molecule has 4 N–H and O–H groups in total. The van der Waals surface area contributed by atoms with Crippen LogP contribution in [0.5, 0.6) is 0 Å². The van der Waals surface area contributed by atoms with Crippen molar-refractivity contribution >= 4 is 5.97 Å². The highest BCUT2D eigenvalue weighted by molar-refractivity contribution is 5.75. The highest BCUT2D eigenvalue weighted by Gasteiger charge is 2.12. The third-order valence-corrected chi connectivity index (χ3v) is 1.31. The van der Waals surface area contributed by atoms with E-state index in [9.17, 15) is 4.79 Å². The molecular weight excluding hydrogens is 163 g/mol. The molecule has 0 rings (SSSR count). The number of hydrogen-bond acceptors (Lipinski definition) is 4. The predicted molar refractivity (Wildman–Crippen MR) is 45.4 cm³/mol. The zero-order valence-electron chi connectivity index (χ0n) is 7.29. The first-order valence-corrected chi connectivity index (χ1v) is 3.84. The summed E-state index contributed by atoms with van der Waals surface area (Å²) in [5, 5.41) is 0. The zero-order valence-corrected chi connectivity index (χ0v) is 7.29. The normalized spacial score (nSPS) is 11.6. The fourth-order valence-electron chi connectivity index (χ4n) is 0.705. The topological polar surface area (TPSA) is 78.3 Å². The van der Waals surface area contributed by atoms with Gasteiger partial charge in [0.1, 0.15) is 6.04 Å². The van der Waals surface area contributed by atoms with E-state index in [4.69, 9.17) is 16.2 Å². The Labute approximate surface area is 71.6 Å². The minimum Gasteiger partial charge on any atom is -0.465 e. The van der Waals surface area contributed by atoms with Gasteiger partial charge in [-0.1, -0.05) is 0 Å². The van der Waals surface area contributed by atoms with Crippen LogP contribution in [-0.2, 0) is 9.53 Å². The number of ether oxygens (including phenoxy) is 1. The van der Waals surface area contributed by atoms with Gasteiger partial charge in [-0.05, 0) is 26.3 Å². The van der Waals surface area contributed by atoms with Crippen LogP contribution in [-0.4, -0.2) is 25.2 Å². The molecule has 0 saturated carbocycles. The first-order chi connectivity index (χ1) is 5.22. The molecule has 0 aromatic carbocycles. The summed E-state index contributed by atoms with van der Waals surface area (Å²) < 4.78 is 4.70. The molecule has 0 radical (unpaired) electrons. The van der Waals surface area contributed by atoms with Crippen LogP contribution < -0.4 is 11.5 Å². The molecule has 0 aromatic rings. The summed E-state index contributed by atoms with van der Waals surface area (Å²) in [5.74, 6) is -0.332. The molecule has 0 aliphatic carbocycles. The quantitative estimate of drug-likeness (QED) is 0.573. The summed E-state index contributed by atoms with van der Waals surface area (Å²) in [7, 11) is 0. The van der Waals surface area contributed by atoms with Gasteiger partial charge < -0.3 is 16.2 Å². The molecule has 0 saturated heterocycles. The molecule has 5 heteroatoms. The van der Waals surface area contributed by atoms with Gasteiger partial charge in [-0.3, -0.25) is 9.50 Å². The van der Waals surface area contributed by atoms with Gasteiger partial charge in [0.15, 0.2) is 0 Å². The molecule has 0 fully saturated rings. The molecule has 74 valence electrons. The Kier molecular flexibility index (Phi) is 9.74. The van der Waals surface area contributed by atoms with E-state index in [-0.39, 0.29) is 10.7 Å². The molecule has 0 aromatic heterocycles. The van der Waals surface area contributed by atoms with E-state index in [0.717, 1.165) is 6.42 Å². The van der Waals surface area contributed by atoms with Crippen molar-refractivity contribution in [1.29, 1.82) is 0 Å². The lowest BCUT2D eigenvalue weighted by Gasteiger charge is -2.08. The first-order valence-electron chi connectivity index (χ1n) is 3.84. The highest BCUT2D eigenvalue weighted by atomic mass is 19.0. The van der Waals surface area contributed by atoms with Crippen molar-refractivity contribution < 1.29 is 14.2 Å². The van der Waals surface area contributed by atoms with Gasteiger partial charge in [-0.15, -0.1) is 0 Å². The molecule has 0 bridgehead atoms. The smallest absolute Gasteiger partial charge is 0.322 e. The number of carbonyl (C=O) groups is 1. The molecule has 1 unspecified atom stereocenters. The average Bonchev–Trinajstić information content (AvgIpc) is 2.00. The number of esters is 1. The van der Waals surface area contributed by atoms with Crippen LogP contribution in [0, 0.1) is 0 Å². The van der Waals surface area contributed by atoms with Gasteiger partial charge in [-0.25, -0.2) is 0 Å². The van der Waals surface area contributed by atoms with E-state index in [1.165, 1.54) is 0 Å². The van der Waals surface area contributed by atoms with Gasteiger partial charge in [0.05, 0.1) is 6.61 Å². The molecule has 1 atom stereocenters. The largest absolute Gasteiger partial charge is 0.465 e. The second-order valence-electron chi connectivity index (χ2n) is 2.29. The van der Waals surface area contributed by atoms with Crippen LogP contribution in [0.2, 0.25) is 0 Å². The van der Waals surface area contributed by atoms with Gasteiger partial charge in [0.2, 0.25) is 0 Å². The number of rotatable bonds is 5. The Morgan fingerprint density at radius 3 is 2.58 bits per heavy atom. The van der Waals surface area contributed by atoms with Crippen molar-refractivity contribution in [3.8, 4) is 0 Å².